The number of aryl methyl sites for hydroxylation is 2. The molecule has 1 unspecified atom stereocenters. The summed E-state index contributed by atoms with van der Waals surface area (Å²) in [5.74, 6) is 1.40. The summed E-state index contributed by atoms with van der Waals surface area (Å²) in [5.41, 5.74) is 2.64. The number of rotatable bonds is 4. The Morgan fingerprint density at radius 2 is 1.96 bits per heavy atom. The number of hydrogen-bond donors (Lipinski definition) is 0. The molecule has 0 N–H and O–H groups in total. The van der Waals surface area contributed by atoms with E-state index >= 15 is 0 Å². The van der Waals surface area contributed by atoms with Crippen LogP contribution in [0.4, 0.5) is 0 Å². The smallest absolute Gasteiger partial charge is 0.317 e. The average Bonchev–Trinajstić information content (AvgIpc) is 3.13. The highest BCUT2D eigenvalue weighted by Crippen LogP contribution is 2.32. The van der Waals surface area contributed by atoms with Crippen molar-refractivity contribution >= 4 is 12.0 Å². The lowest BCUT2D eigenvalue weighted by atomic mass is 10.1. The summed E-state index contributed by atoms with van der Waals surface area (Å²) in [7, 11) is 0. The van der Waals surface area contributed by atoms with Crippen LogP contribution in [0.25, 0.3) is 6.08 Å². The van der Waals surface area contributed by atoms with Crippen molar-refractivity contribution in [2.24, 2.45) is 0 Å². The second-order valence-corrected chi connectivity index (χ2v) is 7.05. The SMILES string of the molecule is Cc1cc(C)nc(OC2CCCN(C(=O)C=Cc3ccc4c(c3)OCO4)C2)n1. The van der Waals surface area contributed by atoms with E-state index in [2.05, 4.69) is 9.97 Å². The molecule has 7 nitrogen and oxygen atoms in total. The summed E-state index contributed by atoms with van der Waals surface area (Å²) < 4.78 is 16.6. The molecule has 1 aromatic heterocycles. The number of benzene rings is 1. The van der Waals surface area contributed by atoms with Crippen LogP contribution in [-0.4, -0.2) is 46.8 Å². The summed E-state index contributed by atoms with van der Waals surface area (Å²) in [6, 6.07) is 7.90. The Bertz CT molecular complexity index is 892. The fourth-order valence-corrected chi connectivity index (χ4v) is 3.42. The lowest BCUT2D eigenvalue weighted by Crippen LogP contribution is -2.44. The van der Waals surface area contributed by atoms with Gasteiger partial charge in [0.25, 0.3) is 0 Å². The predicted octanol–water partition coefficient (Wildman–Crippen LogP) is 2.91. The van der Waals surface area contributed by atoms with Crippen LogP contribution in [0.5, 0.6) is 17.5 Å². The van der Waals surface area contributed by atoms with E-state index in [4.69, 9.17) is 14.2 Å². The van der Waals surface area contributed by atoms with Gasteiger partial charge in [-0.25, -0.2) is 9.97 Å². The monoisotopic (exact) mass is 381 g/mol. The molecular formula is C21H23N3O4. The minimum Gasteiger partial charge on any atom is -0.458 e. The number of carbonyl (C=O) groups is 1. The van der Waals surface area contributed by atoms with E-state index in [1.54, 1.807) is 17.1 Å². The molecule has 1 fully saturated rings. The molecule has 0 spiro atoms. The zero-order valence-electron chi connectivity index (χ0n) is 16.1. The molecule has 2 aliphatic rings. The number of ether oxygens (including phenoxy) is 3. The first-order valence-corrected chi connectivity index (χ1v) is 9.42. The van der Waals surface area contributed by atoms with Crippen LogP contribution in [0.15, 0.2) is 30.3 Å². The van der Waals surface area contributed by atoms with Gasteiger partial charge in [0.2, 0.25) is 12.7 Å². The number of aromatic nitrogens is 2. The molecule has 4 rings (SSSR count). The van der Waals surface area contributed by atoms with Crippen LogP contribution in [0.1, 0.15) is 29.8 Å². The molecule has 2 aromatic rings. The molecule has 0 saturated carbocycles. The number of carbonyl (C=O) groups excluding carboxylic acids is 1. The highest BCUT2D eigenvalue weighted by Gasteiger charge is 2.24. The second kappa shape index (κ2) is 7.88. The van der Waals surface area contributed by atoms with Gasteiger partial charge in [0.15, 0.2) is 11.5 Å². The molecule has 1 aromatic carbocycles. The van der Waals surface area contributed by atoms with Gasteiger partial charge >= 0.3 is 6.01 Å². The lowest BCUT2D eigenvalue weighted by Gasteiger charge is -2.31. The van der Waals surface area contributed by atoms with E-state index in [1.165, 1.54) is 0 Å². The van der Waals surface area contributed by atoms with Crippen molar-refractivity contribution < 1.29 is 19.0 Å². The van der Waals surface area contributed by atoms with Crippen molar-refractivity contribution in [1.82, 2.24) is 14.9 Å². The molecule has 0 bridgehead atoms. The quantitative estimate of drug-likeness (QED) is 0.758. The van der Waals surface area contributed by atoms with Crippen LogP contribution in [0.2, 0.25) is 0 Å². The Balaban J connectivity index is 1.37. The highest BCUT2D eigenvalue weighted by atomic mass is 16.7. The van der Waals surface area contributed by atoms with Gasteiger partial charge in [-0.15, -0.1) is 0 Å². The third-order valence-electron chi connectivity index (χ3n) is 4.74. The predicted molar refractivity (Wildman–Crippen MR) is 103 cm³/mol. The van der Waals surface area contributed by atoms with E-state index in [0.29, 0.717) is 18.3 Å². The van der Waals surface area contributed by atoms with Crippen molar-refractivity contribution in [3.63, 3.8) is 0 Å². The lowest BCUT2D eigenvalue weighted by molar-refractivity contribution is -0.128. The first kappa shape index (κ1) is 18.3. The Kier molecular flexibility index (Phi) is 5.14. The van der Waals surface area contributed by atoms with Crippen LogP contribution in [-0.2, 0) is 4.79 Å². The van der Waals surface area contributed by atoms with Gasteiger partial charge in [-0.3, -0.25) is 4.79 Å². The molecule has 1 amide bonds. The molecule has 0 aliphatic carbocycles. The first-order chi connectivity index (χ1) is 13.6. The number of likely N-dealkylation sites (tertiary alicyclic amines) is 1. The topological polar surface area (TPSA) is 73.8 Å². The standard InChI is InChI=1S/C21H23N3O4/c1-14-10-15(2)23-21(22-14)28-17-4-3-9-24(12-17)20(25)8-6-16-5-7-18-19(11-16)27-13-26-18/h5-8,10-11,17H,3-4,9,12-13H2,1-2H3. The van der Waals surface area contributed by atoms with Gasteiger partial charge in [-0.05, 0) is 56.5 Å². The fourth-order valence-electron chi connectivity index (χ4n) is 3.42. The van der Waals surface area contributed by atoms with E-state index in [0.717, 1.165) is 42.1 Å². The van der Waals surface area contributed by atoms with Crippen molar-refractivity contribution in [3.8, 4) is 17.5 Å². The van der Waals surface area contributed by atoms with Crippen molar-refractivity contribution in [2.45, 2.75) is 32.8 Å². The largest absolute Gasteiger partial charge is 0.458 e. The Labute approximate surface area is 164 Å². The molecule has 146 valence electrons. The highest BCUT2D eigenvalue weighted by molar-refractivity contribution is 5.92. The molecule has 3 heterocycles. The molecule has 0 radical (unpaired) electrons. The Morgan fingerprint density at radius 1 is 1.18 bits per heavy atom. The van der Waals surface area contributed by atoms with Crippen molar-refractivity contribution in [3.05, 3.63) is 47.3 Å². The summed E-state index contributed by atoms with van der Waals surface area (Å²) in [4.78, 5) is 23.1. The number of piperidine rings is 1. The van der Waals surface area contributed by atoms with Gasteiger partial charge in [-0.1, -0.05) is 6.07 Å². The van der Waals surface area contributed by atoms with E-state index < -0.39 is 0 Å². The van der Waals surface area contributed by atoms with Gasteiger partial charge in [0.1, 0.15) is 6.10 Å². The summed E-state index contributed by atoms with van der Waals surface area (Å²) in [6.45, 7) is 5.32. The van der Waals surface area contributed by atoms with E-state index in [-0.39, 0.29) is 18.8 Å². The number of nitrogens with zero attached hydrogens (tertiary/aromatic N) is 3. The molecule has 28 heavy (non-hydrogen) atoms. The zero-order valence-corrected chi connectivity index (χ0v) is 16.1. The minimum atomic E-state index is -0.0992. The third-order valence-corrected chi connectivity index (χ3v) is 4.74. The van der Waals surface area contributed by atoms with E-state index in [9.17, 15) is 4.79 Å². The van der Waals surface area contributed by atoms with E-state index in [1.807, 2.05) is 38.1 Å². The van der Waals surface area contributed by atoms with Gasteiger partial charge < -0.3 is 19.1 Å². The van der Waals surface area contributed by atoms with Crippen molar-refractivity contribution in [1.29, 1.82) is 0 Å². The number of fused-ring (bicyclic) bond motifs is 1. The average molecular weight is 381 g/mol. The molecule has 2 aliphatic heterocycles. The molecule has 1 saturated heterocycles. The summed E-state index contributed by atoms with van der Waals surface area (Å²) in [5, 5.41) is 0. The maximum absolute atomic E-state index is 12.6. The zero-order chi connectivity index (χ0) is 19.5. The number of hydrogen-bond acceptors (Lipinski definition) is 6. The maximum Gasteiger partial charge on any atom is 0.317 e. The first-order valence-electron chi connectivity index (χ1n) is 9.42. The van der Waals surface area contributed by atoms with Crippen molar-refractivity contribution in [2.75, 3.05) is 19.9 Å². The van der Waals surface area contributed by atoms with Gasteiger partial charge in [-0.2, -0.15) is 0 Å². The van der Waals surface area contributed by atoms with Gasteiger partial charge in [0, 0.05) is 24.0 Å². The number of amides is 1. The summed E-state index contributed by atoms with van der Waals surface area (Å²) in [6.07, 6.45) is 5.05. The summed E-state index contributed by atoms with van der Waals surface area (Å²) >= 11 is 0. The Hall–Kier alpha value is -3.09. The normalized spacial score (nSPS) is 18.5. The minimum absolute atomic E-state index is 0.0349. The maximum atomic E-state index is 12.6. The molecule has 7 heteroatoms. The fraction of sp³-hybridized carbons (Fsp3) is 0.381. The molecular weight excluding hydrogens is 358 g/mol. The van der Waals surface area contributed by atoms with Crippen LogP contribution < -0.4 is 14.2 Å². The van der Waals surface area contributed by atoms with Crippen LogP contribution in [0, 0.1) is 13.8 Å². The second-order valence-electron chi connectivity index (χ2n) is 7.05. The van der Waals surface area contributed by atoms with Crippen LogP contribution in [0.3, 0.4) is 0 Å². The van der Waals surface area contributed by atoms with Gasteiger partial charge in [0.05, 0.1) is 6.54 Å². The van der Waals surface area contributed by atoms with Crippen LogP contribution >= 0.6 is 0 Å². The third kappa shape index (κ3) is 4.24. The molecule has 1 atom stereocenters. The Morgan fingerprint density at radius 3 is 2.79 bits per heavy atom.